The third-order valence-corrected chi connectivity index (χ3v) is 3.73. The first kappa shape index (κ1) is 10.4. The SMILES string of the molecule is CN(CC1CC1)CC1(C)CCNCC1. The molecule has 0 atom stereocenters. The fourth-order valence-electron chi connectivity index (χ4n) is 2.65. The minimum absolute atomic E-state index is 0.578. The number of hydrogen-bond donors (Lipinski definition) is 1. The van der Waals surface area contributed by atoms with Crippen LogP contribution in [0.5, 0.6) is 0 Å². The minimum atomic E-state index is 0.578. The molecule has 0 bridgehead atoms. The highest BCUT2D eigenvalue weighted by atomic mass is 15.1. The molecule has 82 valence electrons. The lowest BCUT2D eigenvalue weighted by Crippen LogP contribution is -2.42. The van der Waals surface area contributed by atoms with Crippen LogP contribution in [0.15, 0.2) is 0 Å². The number of rotatable bonds is 4. The fraction of sp³-hybridized carbons (Fsp3) is 1.00. The molecule has 0 aromatic rings. The van der Waals surface area contributed by atoms with Gasteiger partial charge in [0, 0.05) is 13.1 Å². The van der Waals surface area contributed by atoms with E-state index in [9.17, 15) is 0 Å². The summed E-state index contributed by atoms with van der Waals surface area (Å²) >= 11 is 0. The predicted octanol–water partition coefficient (Wildman–Crippen LogP) is 1.72. The van der Waals surface area contributed by atoms with E-state index in [2.05, 4.69) is 24.2 Å². The molecular weight excluding hydrogens is 172 g/mol. The maximum absolute atomic E-state index is 3.45. The Hall–Kier alpha value is -0.0800. The first-order chi connectivity index (χ1) is 6.68. The quantitative estimate of drug-likeness (QED) is 0.736. The van der Waals surface area contributed by atoms with Crippen LogP contribution >= 0.6 is 0 Å². The Morgan fingerprint density at radius 3 is 2.50 bits per heavy atom. The molecule has 1 N–H and O–H groups in total. The lowest BCUT2D eigenvalue weighted by atomic mass is 9.80. The molecule has 2 rings (SSSR count). The summed E-state index contributed by atoms with van der Waals surface area (Å²) in [5, 5.41) is 3.45. The third kappa shape index (κ3) is 2.96. The molecule has 1 aliphatic carbocycles. The summed E-state index contributed by atoms with van der Waals surface area (Å²) in [5.41, 5.74) is 0.578. The summed E-state index contributed by atoms with van der Waals surface area (Å²) < 4.78 is 0. The lowest BCUT2D eigenvalue weighted by molar-refractivity contribution is 0.144. The average Bonchev–Trinajstić information content (AvgIpc) is 2.88. The van der Waals surface area contributed by atoms with E-state index in [-0.39, 0.29) is 0 Å². The van der Waals surface area contributed by atoms with Crippen LogP contribution in [0, 0.1) is 11.3 Å². The van der Waals surface area contributed by atoms with Gasteiger partial charge in [0.25, 0.3) is 0 Å². The Morgan fingerprint density at radius 2 is 1.93 bits per heavy atom. The molecule has 2 nitrogen and oxygen atoms in total. The van der Waals surface area contributed by atoms with Gasteiger partial charge >= 0.3 is 0 Å². The van der Waals surface area contributed by atoms with E-state index >= 15 is 0 Å². The molecule has 1 aliphatic heterocycles. The number of piperidine rings is 1. The number of nitrogens with zero attached hydrogens (tertiary/aromatic N) is 1. The maximum Gasteiger partial charge on any atom is 0.00333 e. The van der Waals surface area contributed by atoms with Crippen LogP contribution in [-0.4, -0.2) is 38.1 Å². The highest BCUT2D eigenvalue weighted by molar-refractivity contribution is 4.84. The van der Waals surface area contributed by atoms with Crippen molar-refractivity contribution in [3.05, 3.63) is 0 Å². The fourth-order valence-corrected chi connectivity index (χ4v) is 2.65. The van der Waals surface area contributed by atoms with Gasteiger partial charge in [0.15, 0.2) is 0 Å². The van der Waals surface area contributed by atoms with Crippen molar-refractivity contribution in [1.29, 1.82) is 0 Å². The van der Waals surface area contributed by atoms with Crippen molar-refractivity contribution in [2.75, 3.05) is 33.2 Å². The number of nitrogens with one attached hydrogen (secondary N) is 1. The van der Waals surface area contributed by atoms with Crippen molar-refractivity contribution in [2.45, 2.75) is 32.6 Å². The van der Waals surface area contributed by atoms with Crippen molar-refractivity contribution in [3.8, 4) is 0 Å². The highest BCUT2D eigenvalue weighted by Gasteiger charge is 2.30. The van der Waals surface area contributed by atoms with Gasteiger partial charge in [-0.05, 0) is 57.2 Å². The lowest BCUT2D eigenvalue weighted by Gasteiger charge is -2.37. The largest absolute Gasteiger partial charge is 0.317 e. The normalized spacial score (nSPS) is 26.8. The second-order valence-corrected chi connectivity index (χ2v) is 5.70. The van der Waals surface area contributed by atoms with Crippen LogP contribution in [0.25, 0.3) is 0 Å². The smallest absolute Gasteiger partial charge is 0.00333 e. The summed E-state index contributed by atoms with van der Waals surface area (Å²) in [5.74, 6) is 1.03. The molecule has 0 aromatic carbocycles. The molecule has 0 spiro atoms. The zero-order valence-electron chi connectivity index (χ0n) is 9.68. The molecule has 2 aliphatic rings. The second-order valence-electron chi connectivity index (χ2n) is 5.70. The molecular formula is C12H24N2. The van der Waals surface area contributed by atoms with E-state index in [1.165, 1.54) is 51.9 Å². The van der Waals surface area contributed by atoms with Gasteiger partial charge in [-0.2, -0.15) is 0 Å². The first-order valence-electron chi connectivity index (χ1n) is 6.07. The van der Waals surface area contributed by atoms with Crippen LogP contribution in [-0.2, 0) is 0 Å². The third-order valence-electron chi connectivity index (χ3n) is 3.73. The standard InChI is InChI=1S/C12H24N2/c1-12(5-7-13-8-6-12)10-14(2)9-11-3-4-11/h11,13H,3-10H2,1-2H3. The van der Waals surface area contributed by atoms with Crippen LogP contribution in [0.3, 0.4) is 0 Å². The second kappa shape index (κ2) is 4.19. The average molecular weight is 196 g/mol. The van der Waals surface area contributed by atoms with Gasteiger partial charge in [-0.25, -0.2) is 0 Å². The molecule has 1 saturated heterocycles. The van der Waals surface area contributed by atoms with Crippen LogP contribution in [0.4, 0.5) is 0 Å². The van der Waals surface area contributed by atoms with E-state index in [0.717, 1.165) is 5.92 Å². The zero-order chi connectivity index (χ0) is 10.0. The van der Waals surface area contributed by atoms with Crippen LogP contribution in [0.1, 0.15) is 32.6 Å². The van der Waals surface area contributed by atoms with Crippen molar-refractivity contribution in [3.63, 3.8) is 0 Å². The van der Waals surface area contributed by atoms with Gasteiger partial charge < -0.3 is 10.2 Å². The summed E-state index contributed by atoms with van der Waals surface area (Å²) in [4.78, 5) is 2.56. The molecule has 1 heterocycles. The Labute approximate surface area is 88.1 Å². The molecule has 0 aromatic heterocycles. The van der Waals surface area contributed by atoms with Gasteiger partial charge in [-0.15, -0.1) is 0 Å². The van der Waals surface area contributed by atoms with E-state index in [1.54, 1.807) is 0 Å². The Bertz CT molecular complexity index is 181. The van der Waals surface area contributed by atoms with E-state index in [1.807, 2.05) is 0 Å². The predicted molar refractivity (Wildman–Crippen MR) is 60.4 cm³/mol. The monoisotopic (exact) mass is 196 g/mol. The summed E-state index contributed by atoms with van der Waals surface area (Å²) in [6.45, 7) is 7.52. The van der Waals surface area contributed by atoms with E-state index < -0.39 is 0 Å². The minimum Gasteiger partial charge on any atom is -0.317 e. The molecule has 1 saturated carbocycles. The Kier molecular flexibility index (Phi) is 3.13. The molecule has 0 unspecified atom stereocenters. The molecule has 0 amide bonds. The molecule has 2 fully saturated rings. The zero-order valence-corrected chi connectivity index (χ0v) is 9.68. The van der Waals surface area contributed by atoms with E-state index in [4.69, 9.17) is 0 Å². The van der Waals surface area contributed by atoms with Crippen molar-refractivity contribution in [1.82, 2.24) is 10.2 Å². The number of hydrogen-bond acceptors (Lipinski definition) is 2. The van der Waals surface area contributed by atoms with Gasteiger partial charge in [0.2, 0.25) is 0 Å². The summed E-state index contributed by atoms with van der Waals surface area (Å²) in [7, 11) is 2.30. The Balaban J connectivity index is 1.75. The van der Waals surface area contributed by atoms with Gasteiger partial charge in [-0.1, -0.05) is 6.92 Å². The van der Waals surface area contributed by atoms with Gasteiger partial charge in [-0.3, -0.25) is 0 Å². The van der Waals surface area contributed by atoms with Crippen LogP contribution < -0.4 is 5.32 Å². The van der Waals surface area contributed by atoms with Crippen molar-refractivity contribution < 1.29 is 0 Å². The molecule has 0 radical (unpaired) electrons. The maximum atomic E-state index is 3.45. The molecule has 2 heteroatoms. The molecule has 14 heavy (non-hydrogen) atoms. The van der Waals surface area contributed by atoms with Crippen molar-refractivity contribution in [2.24, 2.45) is 11.3 Å². The summed E-state index contributed by atoms with van der Waals surface area (Å²) in [6, 6.07) is 0. The van der Waals surface area contributed by atoms with Gasteiger partial charge in [0.05, 0.1) is 0 Å². The first-order valence-corrected chi connectivity index (χ1v) is 6.07. The van der Waals surface area contributed by atoms with Crippen molar-refractivity contribution >= 4 is 0 Å². The Morgan fingerprint density at radius 1 is 1.29 bits per heavy atom. The highest BCUT2D eigenvalue weighted by Crippen LogP contribution is 2.32. The van der Waals surface area contributed by atoms with Gasteiger partial charge in [0.1, 0.15) is 0 Å². The topological polar surface area (TPSA) is 15.3 Å². The van der Waals surface area contributed by atoms with Crippen LogP contribution in [0.2, 0.25) is 0 Å². The van der Waals surface area contributed by atoms with E-state index in [0.29, 0.717) is 5.41 Å². The summed E-state index contributed by atoms with van der Waals surface area (Å²) in [6.07, 6.45) is 5.65.